The van der Waals surface area contributed by atoms with E-state index >= 15 is 0 Å². The number of benzene rings is 1. The van der Waals surface area contributed by atoms with Gasteiger partial charge in [0.15, 0.2) is 6.79 Å². The molecule has 0 atom stereocenters. The molecule has 0 unspecified atom stereocenters. The number of aliphatic hydroxyl groups excluding tert-OH is 1. The van der Waals surface area contributed by atoms with E-state index in [0.717, 1.165) is 0 Å². The Morgan fingerprint density at radius 1 is 1.22 bits per heavy atom. The van der Waals surface area contributed by atoms with Gasteiger partial charge in [0.2, 0.25) is 0 Å². The van der Waals surface area contributed by atoms with E-state index < -0.39 is 10.1 Å². The molecule has 0 aliphatic rings. The summed E-state index contributed by atoms with van der Waals surface area (Å²) in [6.07, 6.45) is 0. The van der Waals surface area contributed by atoms with Crippen molar-refractivity contribution in [3.8, 4) is 0 Å². The van der Waals surface area contributed by atoms with Gasteiger partial charge in [-0.05, 0) is 11.6 Å². The fourth-order valence-electron chi connectivity index (χ4n) is 1.24. The Labute approximate surface area is 106 Å². The Hall–Kier alpha value is -0.990. The van der Waals surface area contributed by atoms with Crippen LogP contribution in [0.2, 0.25) is 0 Å². The fourth-order valence-corrected chi connectivity index (χ4v) is 2.26. The molecule has 0 amide bonds. The predicted octanol–water partition coefficient (Wildman–Crippen LogP) is 0.505. The summed E-state index contributed by atoms with van der Waals surface area (Å²) in [6.45, 7) is -0.154. The lowest BCUT2D eigenvalue weighted by Gasteiger charge is -2.09. The highest BCUT2D eigenvalue weighted by Gasteiger charge is 2.18. The summed E-state index contributed by atoms with van der Waals surface area (Å²) < 4.78 is 37.9. The molecule has 0 aliphatic heterocycles. The van der Waals surface area contributed by atoms with Crippen molar-refractivity contribution in [3.05, 3.63) is 29.8 Å². The van der Waals surface area contributed by atoms with Gasteiger partial charge in [0.1, 0.15) is 0 Å². The Bertz CT molecular complexity index is 456. The van der Waals surface area contributed by atoms with E-state index in [2.05, 4.69) is 4.18 Å². The maximum Gasteiger partial charge on any atom is 0.299 e. The zero-order chi connectivity index (χ0) is 13.4. The smallest absolute Gasteiger partial charge is 0.299 e. The fraction of sp³-hybridized carbons (Fsp3) is 0.455. The average molecular weight is 276 g/mol. The average Bonchev–Trinajstić information content (AvgIpc) is 2.38. The van der Waals surface area contributed by atoms with E-state index in [9.17, 15) is 8.42 Å². The minimum absolute atomic E-state index is 0.0529. The molecule has 1 N–H and O–H groups in total. The van der Waals surface area contributed by atoms with Crippen molar-refractivity contribution in [2.75, 3.05) is 27.1 Å². The molecule has 0 spiro atoms. The Kier molecular flexibility index (Phi) is 6.23. The van der Waals surface area contributed by atoms with Gasteiger partial charge in [-0.25, -0.2) is 4.18 Å². The normalized spacial score (nSPS) is 11.7. The summed E-state index contributed by atoms with van der Waals surface area (Å²) in [5, 5.41) is 9.06. The van der Waals surface area contributed by atoms with Crippen LogP contribution in [0.4, 0.5) is 0 Å². The highest BCUT2D eigenvalue weighted by Crippen LogP contribution is 2.17. The van der Waals surface area contributed by atoms with E-state index in [1.165, 1.54) is 19.2 Å². The lowest BCUT2D eigenvalue weighted by Crippen LogP contribution is -2.13. The van der Waals surface area contributed by atoms with Crippen LogP contribution in [0.5, 0.6) is 0 Å². The molecule has 0 bridgehead atoms. The first-order valence-corrected chi connectivity index (χ1v) is 6.67. The molecule has 0 saturated carbocycles. The van der Waals surface area contributed by atoms with E-state index in [4.69, 9.17) is 14.6 Å². The third-order valence-corrected chi connectivity index (χ3v) is 3.47. The molecule has 0 aromatic heterocycles. The largest absolute Gasteiger partial charge is 0.392 e. The van der Waals surface area contributed by atoms with E-state index in [1.807, 2.05) is 0 Å². The lowest BCUT2D eigenvalue weighted by molar-refractivity contribution is -0.00535. The van der Waals surface area contributed by atoms with Gasteiger partial charge in [-0.2, -0.15) is 8.42 Å². The molecule has 18 heavy (non-hydrogen) atoms. The van der Waals surface area contributed by atoms with Crippen LogP contribution >= 0.6 is 0 Å². The highest BCUT2D eigenvalue weighted by atomic mass is 32.2. The maximum absolute atomic E-state index is 11.8. The van der Waals surface area contributed by atoms with Crippen LogP contribution in [0.3, 0.4) is 0 Å². The zero-order valence-electron chi connectivity index (χ0n) is 10.0. The monoisotopic (exact) mass is 276 g/mol. The summed E-state index contributed by atoms with van der Waals surface area (Å²) in [5.74, 6) is 0. The van der Waals surface area contributed by atoms with Gasteiger partial charge in [-0.3, -0.25) is 0 Å². The quantitative estimate of drug-likeness (QED) is 0.423. The number of rotatable bonds is 8. The minimum Gasteiger partial charge on any atom is -0.392 e. The summed E-state index contributed by atoms with van der Waals surface area (Å²) in [4.78, 5) is -0.0529. The highest BCUT2D eigenvalue weighted by molar-refractivity contribution is 7.86. The van der Waals surface area contributed by atoms with Crippen molar-refractivity contribution in [2.24, 2.45) is 0 Å². The number of ether oxygens (including phenoxy) is 2. The molecular weight excluding hydrogens is 260 g/mol. The Balaban J connectivity index is 2.63. The molecular formula is C11H16O6S. The molecule has 6 nitrogen and oxygen atoms in total. The molecule has 0 heterocycles. The van der Waals surface area contributed by atoms with E-state index in [-0.39, 0.29) is 30.5 Å². The van der Waals surface area contributed by atoms with Crippen LogP contribution in [0, 0.1) is 0 Å². The molecule has 1 aromatic rings. The van der Waals surface area contributed by atoms with E-state index in [1.54, 1.807) is 12.1 Å². The molecule has 1 aromatic carbocycles. The molecule has 0 aliphatic carbocycles. The maximum atomic E-state index is 11.8. The van der Waals surface area contributed by atoms with Crippen LogP contribution in [-0.4, -0.2) is 40.6 Å². The molecule has 102 valence electrons. The lowest BCUT2D eigenvalue weighted by atomic mass is 10.2. The van der Waals surface area contributed by atoms with Gasteiger partial charge in [0.25, 0.3) is 10.1 Å². The first-order valence-electron chi connectivity index (χ1n) is 5.26. The number of aliphatic hydroxyl groups is 1. The number of hydrogen-bond donors (Lipinski definition) is 1. The van der Waals surface area contributed by atoms with E-state index in [0.29, 0.717) is 6.61 Å². The first kappa shape index (κ1) is 15.1. The second-order valence-electron chi connectivity index (χ2n) is 3.36. The third-order valence-electron chi connectivity index (χ3n) is 2.13. The van der Waals surface area contributed by atoms with Gasteiger partial charge in [0, 0.05) is 7.11 Å². The van der Waals surface area contributed by atoms with Crippen molar-refractivity contribution in [2.45, 2.75) is 11.5 Å². The minimum atomic E-state index is -3.92. The van der Waals surface area contributed by atoms with Crippen molar-refractivity contribution in [3.63, 3.8) is 0 Å². The van der Waals surface area contributed by atoms with Crippen molar-refractivity contribution >= 4 is 10.1 Å². The number of hydrogen-bond acceptors (Lipinski definition) is 6. The van der Waals surface area contributed by atoms with Gasteiger partial charge in [-0.1, -0.05) is 18.2 Å². The molecule has 0 radical (unpaired) electrons. The molecule has 7 heteroatoms. The first-order chi connectivity index (χ1) is 8.61. The van der Waals surface area contributed by atoms with Crippen LogP contribution in [0.15, 0.2) is 29.2 Å². The van der Waals surface area contributed by atoms with Gasteiger partial charge >= 0.3 is 0 Å². The molecule has 0 fully saturated rings. The zero-order valence-corrected chi connectivity index (χ0v) is 10.9. The number of methoxy groups -OCH3 is 1. The summed E-state index contributed by atoms with van der Waals surface area (Å²) in [6, 6.07) is 6.08. The van der Waals surface area contributed by atoms with Crippen molar-refractivity contribution < 1.29 is 27.2 Å². The predicted molar refractivity (Wildman–Crippen MR) is 63.3 cm³/mol. The summed E-state index contributed by atoms with van der Waals surface area (Å²) >= 11 is 0. The summed E-state index contributed by atoms with van der Waals surface area (Å²) in [5.41, 5.74) is 0.286. The SMILES string of the molecule is COCCOCOS(=O)(=O)c1ccccc1CO. The Morgan fingerprint density at radius 3 is 2.61 bits per heavy atom. The van der Waals surface area contributed by atoms with Gasteiger partial charge in [0.05, 0.1) is 24.7 Å². The van der Waals surface area contributed by atoms with Crippen molar-refractivity contribution in [1.29, 1.82) is 0 Å². The van der Waals surface area contributed by atoms with Crippen LogP contribution in [0.1, 0.15) is 5.56 Å². The van der Waals surface area contributed by atoms with Crippen molar-refractivity contribution in [1.82, 2.24) is 0 Å². The molecule has 0 saturated heterocycles. The summed E-state index contributed by atoms with van der Waals surface area (Å²) in [7, 11) is -2.40. The van der Waals surface area contributed by atoms with Crippen LogP contribution in [0.25, 0.3) is 0 Å². The second-order valence-corrected chi connectivity index (χ2v) is 4.94. The van der Waals surface area contributed by atoms with Gasteiger partial charge < -0.3 is 14.6 Å². The molecule has 1 rings (SSSR count). The standard InChI is InChI=1S/C11H16O6S/c1-15-6-7-16-9-17-18(13,14)11-5-3-2-4-10(11)8-12/h2-5,12H,6-9H2,1H3. The van der Waals surface area contributed by atoms with Crippen LogP contribution < -0.4 is 0 Å². The topological polar surface area (TPSA) is 82.1 Å². The third kappa shape index (κ3) is 4.35. The second kappa shape index (κ2) is 7.45. The Morgan fingerprint density at radius 2 is 1.94 bits per heavy atom. The van der Waals surface area contributed by atoms with Crippen LogP contribution in [-0.2, 0) is 30.4 Å². The van der Waals surface area contributed by atoms with Gasteiger partial charge in [-0.15, -0.1) is 0 Å².